The zero-order valence-electron chi connectivity index (χ0n) is 5.66. The fraction of sp³-hybridized carbons (Fsp3) is 0.200. The summed E-state index contributed by atoms with van der Waals surface area (Å²) in [5, 5.41) is 0. The highest BCUT2D eigenvalue weighted by Crippen LogP contribution is 2.29. The standard InChI is InChI=1S/C5F6N2/c6-2-1(5(9,10)11)12-3(7)4(8)13-2. The highest BCUT2D eigenvalue weighted by molar-refractivity contribution is 5.03. The highest BCUT2D eigenvalue weighted by atomic mass is 19.4. The quantitative estimate of drug-likeness (QED) is 0.600. The lowest BCUT2D eigenvalue weighted by Crippen LogP contribution is -2.15. The van der Waals surface area contributed by atoms with Crippen LogP contribution in [0.15, 0.2) is 0 Å². The number of rotatable bonds is 0. The summed E-state index contributed by atoms with van der Waals surface area (Å²) in [6.45, 7) is 0. The smallest absolute Gasteiger partial charge is 0.206 e. The molecule has 0 radical (unpaired) electrons. The van der Waals surface area contributed by atoms with E-state index < -0.39 is 29.7 Å². The van der Waals surface area contributed by atoms with Crippen molar-refractivity contribution in [3.63, 3.8) is 0 Å². The van der Waals surface area contributed by atoms with Crippen molar-refractivity contribution in [2.45, 2.75) is 6.18 Å². The normalized spacial score (nSPS) is 11.8. The van der Waals surface area contributed by atoms with Crippen LogP contribution in [0, 0.1) is 17.8 Å². The second-order valence-corrected chi connectivity index (χ2v) is 1.94. The predicted molar refractivity (Wildman–Crippen MR) is 26.9 cm³/mol. The molecule has 0 fully saturated rings. The highest BCUT2D eigenvalue weighted by Gasteiger charge is 2.38. The van der Waals surface area contributed by atoms with E-state index in [0.717, 1.165) is 0 Å². The Hall–Kier alpha value is -1.34. The maximum Gasteiger partial charge on any atom is 0.438 e. The summed E-state index contributed by atoms with van der Waals surface area (Å²) in [6, 6.07) is 0. The molecule has 1 rings (SSSR count). The molecule has 1 aromatic rings. The third-order valence-corrected chi connectivity index (χ3v) is 1.04. The molecule has 72 valence electrons. The Labute approximate surface area is 67.2 Å². The molecule has 0 atom stereocenters. The monoisotopic (exact) mass is 202 g/mol. The third-order valence-electron chi connectivity index (χ3n) is 1.04. The first kappa shape index (κ1) is 9.75. The largest absolute Gasteiger partial charge is 0.438 e. The van der Waals surface area contributed by atoms with Crippen LogP contribution in [0.5, 0.6) is 0 Å². The van der Waals surface area contributed by atoms with Crippen LogP contribution in [-0.2, 0) is 6.18 Å². The number of hydrogen-bond acceptors (Lipinski definition) is 2. The minimum absolute atomic E-state index is 2.01. The van der Waals surface area contributed by atoms with Gasteiger partial charge in [0.05, 0.1) is 0 Å². The van der Waals surface area contributed by atoms with Crippen LogP contribution in [0.1, 0.15) is 5.69 Å². The van der Waals surface area contributed by atoms with Crippen molar-refractivity contribution in [3.8, 4) is 0 Å². The fourth-order valence-corrected chi connectivity index (χ4v) is 0.556. The average molecular weight is 202 g/mol. The van der Waals surface area contributed by atoms with E-state index in [0.29, 0.717) is 0 Å². The summed E-state index contributed by atoms with van der Waals surface area (Å²) in [5.41, 5.74) is -2.17. The molecule has 0 saturated carbocycles. The van der Waals surface area contributed by atoms with Crippen molar-refractivity contribution in [2.75, 3.05) is 0 Å². The van der Waals surface area contributed by atoms with Crippen molar-refractivity contribution >= 4 is 0 Å². The topological polar surface area (TPSA) is 25.8 Å². The Bertz CT molecular complexity index is 333. The van der Waals surface area contributed by atoms with E-state index in [1.165, 1.54) is 0 Å². The molecule has 0 unspecified atom stereocenters. The van der Waals surface area contributed by atoms with Crippen LogP contribution in [0.3, 0.4) is 0 Å². The van der Waals surface area contributed by atoms with Crippen LogP contribution in [0.25, 0.3) is 0 Å². The molecule has 0 aromatic carbocycles. The molecule has 0 aliphatic carbocycles. The molecule has 8 heteroatoms. The molecular formula is C5F6N2. The van der Waals surface area contributed by atoms with Gasteiger partial charge >= 0.3 is 6.18 Å². The summed E-state index contributed by atoms with van der Waals surface area (Å²) in [6.07, 6.45) is -5.19. The van der Waals surface area contributed by atoms with Gasteiger partial charge in [0.2, 0.25) is 11.6 Å². The van der Waals surface area contributed by atoms with E-state index in [1.807, 2.05) is 9.97 Å². The van der Waals surface area contributed by atoms with Crippen LogP contribution < -0.4 is 0 Å². The lowest BCUT2D eigenvalue weighted by molar-refractivity contribution is -0.144. The molecule has 1 aromatic heterocycles. The molecule has 0 bridgehead atoms. The van der Waals surface area contributed by atoms with Crippen LogP contribution in [0.2, 0.25) is 0 Å². The zero-order chi connectivity index (χ0) is 10.2. The number of aromatic nitrogens is 2. The second-order valence-electron chi connectivity index (χ2n) is 1.94. The molecule has 1 heterocycles. The van der Waals surface area contributed by atoms with Gasteiger partial charge in [-0.15, -0.1) is 0 Å². The van der Waals surface area contributed by atoms with Crippen LogP contribution in [-0.4, -0.2) is 9.97 Å². The Morgan fingerprint density at radius 2 is 1.23 bits per heavy atom. The minimum Gasteiger partial charge on any atom is -0.206 e. The summed E-state index contributed by atoms with van der Waals surface area (Å²) in [5.74, 6) is -6.29. The van der Waals surface area contributed by atoms with E-state index in [1.54, 1.807) is 0 Å². The van der Waals surface area contributed by atoms with Gasteiger partial charge in [-0.3, -0.25) is 0 Å². The van der Waals surface area contributed by atoms with Gasteiger partial charge in [-0.25, -0.2) is 4.98 Å². The third kappa shape index (κ3) is 1.87. The Morgan fingerprint density at radius 1 is 0.769 bits per heavy atom. The van der Waals surface area contributed by atoms with Gasteiger partial charge < -0.3 is 0 Å². The van der Waals surface area contributed by atoms with Crippen molar-refractivity contribution in [1.29, 1.82) is 0 Å². The van der Waals surface area contributed by atoms with Crippen molar-refractivity contribution < 1.29 is 26.3 Å². The van der Waals surface area contributed by atoms with Gasteiger partial charge in [-0.1, -0.05) is 0 Å². The second kappa shape index (κ2) is 2.86. The lowest BCUT2D eigenvalue weighted by Gasteiger charge is -2.05. The zero-order valence-corrected chi connectivity index (χ0v) is 5.66. The average Bonchev–Trinajstić information content (AvgIpc) is 1.94. The predicted octanol–water partition coefficient (Wildman–Crippen LogP) is 1.91. The van der Waals surface area contributed by atoms with Gasteiger partial charge in [-0.05, 0) is 0 Å². The van der Waals surface area contributed by atoms with Crippen molar-refractivity contribution in [3.05, 3.63) is 23.5 Å². The Balaban J connectivity index is 3.32. The summed E-state index contributed by atoms with van der Waals surface area (Å²) >= 11 is 0. The molecule has 13 heavy (non-hydrogen) atoms. The van der Waals surface area contributed by atoms with Crippen molar-refractivity contribution in [1.82, 2.24) is 9.97 Å². The van der Waals surface area contributed by atoms with Crippen molar-refractivity contribution in [2.24, 2.45) is 0 Å². The lowest BCUT2D eigenvalue weighted by atomic mass is 10.4. The molecule has 0 aliphatic rings. The molecule has 0 saturated heterocycles. The van der Waals surface area contributed by atoms with Gasteiger partial charge in [0.1, 0.15) is 0 Å². The van der Waals surface area contributed by atoms with E-state index >= 15 is 0 Å². The van der Waals surface area contributed by atoms with E-state index in [-0.39, 0.29) is 0 Å². The van der Waals surface area contributed by atoms with E-state index in [9.17, 15) is 26.3 Å². The van der Waals surface area contributed by atoms with Gasteiger partial charge in [0, 0.05) is 0 Å². The Kier molecular flexibility index (Phi) is 2.14. The minimum atomic E-state index is -5.19. The van der Waals surface area contributed by atoms with E-state index in [4.69, 9.17) is 0 Å². The molecule has 0 N–H and O–H groups in total. The number of halogens is 6. The number of nitrogens with zero attached hydrogens (tertiary/aromatic N) is 2. The maximum atomic E-state index is 12.2. The van der Waals surface area contributed by atoms with Crippen LogP contribution in [0.4, 0.5) is 26.3 Å². The molecule has 0 aliphatic heterocycles. The van der Waals surface area contributed by atoms with E-state index in [2.05, 4.69) is 0 Å². The first-order valence-corrected chi connectivity index (χ1v) is 2.78. The first-order valence-electron chi connectivity index (χ1n) is 2.78. The number of hydrogen-bond donors (Lipinski definition) is 0. The molecule has 0 amide bonds. The molecule has 0 spiro atoms. The van der Waals surface area contributed by atoms with Crippen LogP contribution >= 0.6 is 0 Å². The fourth-order valence-electron chi connectivity index (χ4n) is 0.556. The SMILES string of the molecule is Fc1nc(F)c(C(F)(F)F)nc1F. The van der Waals surface area contributed by atoms with Gasteiger partial charge in [-0.2, -0.15) is 31.3 Å². The molecular weight excluding hydrogens is 202 g/mol. The number of alkyl halides is 3. The molecule has 2 nitrogen and oxygen atoms in total. The first-order chi connectivity index (χ1) is 5.82. The summed E-state index contributed by atoms with van der Waals surface area (Å²) < 4.78 is 71.5. The summed E-state index contributed by atoms with van der Waals surface area (Å²) in [7, 11) is 0. The van der Waals surface area contributed by atoms with Gasteiger partial charge in [0.25, 0.3) is 11.9 Å². The summed E-state index contributed by atoms with van der Waals surface area (Å²) in [4.78, 5) is 4.09. The van der Waals surface area contributed by atoms with Gasteiger partial charge in [0.15, 0.2) is 0 Å². The maximum absolute atomic E-state index is 12.2. The Morgan fingerprint density at radius 3 is 1.69 bits per heavy atom.